The van der Waals surface area contributed by atoms with Gasteiger partial charge in [-0.3, -0.25) is 19.5 Å². The number of carbonyl (C=O) groups is 1. The summed E-state index contributed by atoms with van der Waals surface area (Å²) in [5.41, 5.74) is 1.10. The van der Waals surface area contributed by atoms with Crippen LogP contribution in [0.2, 0.25) is 5.02 Å². The number of rotatable bonds is 8. The van der Waals surface area contributed by atoms with Gasteiger partial charge in [-0.05, 0) is 36.4 Å². The number of aromatic nitrogens is 3. The summed E-state index contributed by atoms with van der Waals surface area (Å²) < 4.78 is 7.69. The number of non-ortho nitro benzene ring substituents is 1. The topological polar surface area (TPSA) is 116 Å². The lowest BCUT2D eigenvalue weighted by molar-refractivity contribution is -0.384. The molecule has 0 aliphatic carbocycles. The number of halogens is 1. The number of nitrogens with one attached hydrogen (secondary N) is 1. The Morgan fingerprint density at radius 3 is 2.75 bits per heavy atom. The fraction of sp³-hybridized carbons (Fsp3) is 0.0952. The lowest BCUT2D eigenvalue weighted by atomic mass is 10.2. The quantitative estimate of drug-likeness (QED) is 0.164. The molecule has 0 fully saturated rings. The fourth-order valence-electron chi connectivity index (χ4n) is 2.99. The number of carbonyl (C=O) groups excluding carboxylic acids is 1. The molecule has 0 saturated carbocycles. The highest BCUT2D eigenvalue weighted by Gasteiger charge is 2.18. The van der Waals surface area contributed by atoms with E-state index in [1.54, 1.807) is 28.8 Å². The highest BCUT2D eigenvalue weighted by Crippen LogP contribution is 2.30. The number of allylic oxidation sites excluding steroid dienone is 1. The van der Waals surface area contributed by atoms with Crippen LogP contribution in [0.1, 0.15) is 0 Å². The van der Waals surface area contributed by atoms with Crippen molar-refractivity contribution in [2.45, 2.75) is 11.7 Å². The van der Waals surface area contributed by atoms with Crippen molar-refractivity contribution in [3.63, 3.8) is 0 Å². The second kappa shape index (κ2) is 9.25. The van der Waals surface area contributed by atoms with Gasteiger partial charge in [0.15, 0.2) is 10.9 Å². The Kier molecular flexibility index (Phi) is 6.24. The Morgan fingerprint density at radius 2 is 2.03 bits per heavy atom. The largest absolute Gasteiger partial charge is 0.453 e. The standard InChI is InChI=1S/C21H16ClN5O4S/c1-2-9-26-20(18-11-13-10-14(22)3-8-17(13)31-18)24-25-21(26)32-12-19(28)23-15-4-6-16(7-5-15)27(29)30/h2-8,10-11H,1,9,12H2,(H,23,28). The van der Waals surface area contributed by atoms with Gasteiger partial charge in [0, 0.05) is 34.8 Å². The van der Waals surface area contributed by atoms with Crippen molar-refractivity contribution < 1.29 is 14.1 Å². The van der Waals surface area contributed by atoms with Crippen molar-refractivity contribution in [2.24, 2.45) is 0 Å². The number of hydrogen-bond donors (Lipinski definition) is 1. The maximum atomic E-state index is 12.3. The van der Waals surface area contributed by atoms with Crippen molar-refractivity contribution in [3.05, 3.63) is 76.3 Å². The molecule has 4 rings (SSSR count). The fourth-order valence-corrected chi connectivity index (χ4v) is 3.92. The third-order valence-corrected chi connectivity index (χ3v) is 5.62. The SMILES string of the molecule is C=CCn1c(SCC(=O)Nc2ccc([N+](=O)[O-])cc2)nnc1-c1cc2cc(Cl)ccc2o1. The monoisotopic (exact) mass is 469 g/mol. The van der Waals surface area contributed by atoms with Crippen LogP contribution in [-0.4, -0.2) is 31.3 Å². The van der Waals surface area contributed by atoms with E-state index in [-0.39, 0.29) is 17.3 Å². The van der Waals surface area contributed by atoms with Gasteiger partial charge in [0.05, 0.1) is 10.7 Å². The molecule has 162 valence electrons. The molecule has 0 aliphatic heterocycles. The molecule has 4 aromatic rings. The maximum absolute atomic E-state index is 12.3. The Bertz CT molecular complexity index is 1320. The number of nitro groups is 1. The number of hydrogen-bond acceptors (Lipinski definition) is 7. The van der Waals surface area contributed by atoms with Crippen molar-refractivity contribution >= 4 is 51.6 Å². The molecule has 2 aromatic carbocycles. The van der Waals surface area contributed by atoms with E-state index in [9.17, 15) is 14.9 Å². The number of fused-ring (bicyclic) bond motifs is 1. The molecule has 1 N–H and O–H groups in total. The summed E-state index contributed by atoms with van der Waals surface area (Å²) in [4.78, 5) is 22.6. The summed E-state index contributed by atoms with van der Waals surface area (Å²) in [6, 6.07) is 12.8. The molecule has 0 spiro atoms. The molecule has 2 aromatic heterocycles. The van der Waals surface area contributed by atoms with Crippen LogP contribution in [0.4, 0.5) is 11.4 Å². The van der Waals surface area contributed by atoms with Gasteiger partial charge in [-0.1, -0.05) is 29.4 Å². The number of nitro benzene ring substituents is 1. The Hall–Kier alpha value is -3.63. The van der Waals surface area contributed by atoms with Crippen LogP contribution in [0.5, 0.6) is 0 Å². The van der Waals surface area contributed by atoms with Gasteiger partial charge < -0.3 is 9.73 Å². The highest BCUT2D eigenvalue weighted by atomic mass is 35.5. The van der Waals surface area contributed by atoms with Crippen LogP contribution >= 0.6 is 23.4 Å². The lowest BCUT2D eigenvalue weighted by Gasteiger charge is -2.07. The molecule has 1 amide bonds. The molecule has 0 saturated heterocycles. The summed E-state index contributed by atoms with van der Waals surface area (Å²) >= 11 is 7.26. The third-order valence-electron chi connectivity index (χ3n) is 4.42. The van der Waals surface area contributed by atoms with Gasteiger partial charge in [0.1, 0.15) is 5.58 Å². The van der Waals surface area contributed by atoms with Gasteiger partial charge >= 0.3 is 0 Å². The maximum Gasteiger partial charge on any atom is 0.269 e. The zero-order valence-corrected chi connectivity index (χ0v) is 18.1. The lowest BCUT2D eigenvalue weighted by Crippen LogP contribution is -2.14. The van der Waals surface area contributed by atoms with E-state index < -0.39 is 4.92 Å². The average molecular weight is 470 g/mol. The zero-order valence-electron chi connectivity index (χ0n) is 16.5. The molecular weight excluding hydrogens is 454 g/mol. The van der Waals surface area contributed by atoms with Crippen molar-refractivity contribution in [3.8, 4) is 11.6 Å². The predicted octanol–water partition coefficient (Wildman–Crippen LogP) is 5.17. The van der Waals surface area contributed by atoms with Crippen molar-refractivity contribution in [2.75, 3.05) is 11.1 Å². The van der Waals surface area contributed by atoms with Crippen molar-refractivity contribution in [1.82, 2.24) is 14.8 Å². The van der Waals surface area contributed by atoms with Gasteiger partial charge in [0.25, 0.3) is 5.69 Å². The molecule has 0 bridgehead atoms. The van der Waals surface area contributed by atoms with Crippen LogP contribution in [0.15, 0.2) is 70.8 Å². The number of benzene rings is 2. The first-order valence-electron chi connectivity index (χ1n) is 9.35. The van der Waals surface area contributed by atoms with E-state index in [4.69, 9.17) is 16.0 Å². The number of anilines is 1. The van der Waals surface area contributed by atoms with Gasteiger partial charge in [-0.15, -0.1) is 16.8 Å². The first-order valence-corrected chi connectivity index (χ1v) is 10.7. The second-order valence-corrected chi connectivity index (χ2v) is 8.02. The molecule has 0 aliphatic rings. The van der Waals surface area contributed by atoms with Crippen LogP contribution < -0.4 is 5.32 Å². The summed E-state index contributed by atoms with van der Waals surface area (Å²) in [5, 5.41) is 23.8. The van der Waals surface area contributed by atoms with Crippen molar-refractivity contribution in [1.29, 1.82) is 0 Å². The summed E-state index contributed by atoms with van der Waals surface area (Å²) in [5.74, 6) is 0.827. The van der Waals surface area contributed by atoms with Crippen LogP contribution in [0.3, 0.4) is 0 Å². The molecule has 11 heteroatoms. The van der Waals surface area contributed by atoms with E-state index in [0.29, 0.717) is 39.6 Å². The van der Waals surface area contributed by atoms with E-state index in [1.807, 2.05) is 6.07 Å². The average Bonchev–Trinajstić information content (AvgIpc) is 3.36. The van der Waals surface area contributed by atoms with E-state index in [1.165, 1.54) is 36.0 Å². The normalized spacial score (nSPS) is 10.9. The molecule has 0 unspecified atom stereocenters. The minimum atomic E-state index is -0.498. The van der Waals surface area contributed by atoms with E-state index in [0.717, 1.165) is 5.39 Å². The van der Waals surface area contributed by atoms with Gasteiger partial charge in [0.2, 0.25) is 11.7 Å². The van der Waals surface area contributed by atoms with E-state index in [2.05, 4.69) is 22.1 Å². The Morgan fingerprint density at radius 1 is 1.25 bits per heavy atom. The third kappa shape index (κ3) is 4.66. The predicted molar refractivity (Wildman–Crippen MR) is 123 cm³/mol. The Balaban J connectivity index is 1.48. The number of amides is 1. The number of nitrogens with zero attached hydrogens (tertiary/aromatic N) is 4. The summed E-state index contributed by atoms with van der Waals surface area (Å²) in [7, 11) is 0. The first-order chi connectivity index (χ1) is 15.4. The summed E-state index contributed by atoms with van der Waals surface area (Å²) in [6.07, 6.45) is 1.70. The Labute approximate surface area is 191 Å². The van der Waals surface area contributed by atoms with Gasteiger partial charge in [-0.2, -0.15) is 0 Å². The van der Waals surface area contributed by atoms with Crippen LogP contribution in [0.25, 0.3) is 22.6 Å². The van der Waals surface area contributed by atoms with E-state index >= 15 is 0 Å². The highest BCUT2D eigenvalue weighted by molar-refractivity contribution is 7.99. The molecule has 2 heterocycles. The molecule has 9 nitrogen and oxygen atoms in total. The van der Waals surface area contributed by atoms with Crippen LogP contribution in [0, 0.1) is 10.1 Å². The zero-order chi connectivity index (χ0) is 22.7. The molecule has 32 heavy (non-hydrogen) atoms. The minimum Gasteiger partial charge on any atom is -0.453 e. The summed E-state index contributed by atoms with van der Waals surface area (Å²) in [6.45, 7) is 4.20. The number of thioether (sulfide) groups is 1. The molecular formula is C21H16ClN5O4S. The molecule has 0 atom stereocenters. The molecule has 0 radical (unpaired) electrons. The number of furan rings is 1. The first kappa shape index (κ1) is 21.6. The van der Waals surface area contributed by atoms with Gasteiger partial charge in [-0.25, -0.2) is 0 Å². The minimum absolute atomic E-state index is 0.0460. The smallest absolute Gasteiger partial charge is 0.269 e. The van der Waals surface area contributed by atoms with Crippen LogP contribution in [-0.2, 0) is 11.3 Å². The second-order valence-electron chi connectivity index (χ2n) is 6.64.